The number of hydrogen-bond donors (Lipinski definition) is 1. The summed E-state index contributed by atoms with van der Waals surface area (Å²) in [6.07, 6.45) is 8.81. The molecule has 1 aliphatic carbocycles. The molecule has 1 unspecified atom stereocenters. The van der Waals surface area contributed by atoms with E-state index in [0.717, 1.165) is 18.4 Å². The fourth-order valence-corrected chi connectivity index (χ4v) is 2.46. The smallest absolute Gasteiger partial charge is 0.00206 e. The topological polar surface area (TPSA) is 12.0 Å². The van der Waals surface area contributed by atoms with Crippen LogP contribution in [0.1, 0.15) is 52.4 Å². The van der Waals surface area contributed by atoms with Crippen LogP contribution in [0.3, 0.4) is 0 Å². The highest BCUT2D eigenvalue weighted by molar-refractivity contribution is 4.72. The van der Waals surface area contributed by atoms with E-state index in [1.807, 2.05) is 0 Å². The maximum absolute atomic E-state index is 3.47. The Labute approximate surface area is 83.3 Å². The molecule has 0 radical (unpaired) electrons. The van der Waals surface area contributed by atoms with Crippen molar-refractivity contribution in [3.63, 3.8) is 0 Å². The Balaban J connectivity index is 2.13. The van der Waals surface area contributed by atoms with Crippen molar-refractivity contribution in [1.82, 2.24) is 5.32 Å². The first-order chi connectivity index (χ1) is 6.36. The minimum absolute atomic E-state index is 0.933. The molecule has 1 nitrogen and oxygen atoms in total. The van der Waals surface area contributed by atoms with Crippen LogP contribution in [0.5, 0.6) is 0 Å². The van der Waals surface area contributed by atoms with E-state index >= 15 is 0 Å². The van der Waals surface area contributed by atoms with E-state index in [9.17, 15) is 0 Å². The first-order valence-electron chi connectivity index (χ1n) is 6.07. The van der Waals surface area contributed by atoms with E-state index in [1.165, 1.54) is 45.1 Å². The molecular weight excluding hydrogens is 158 g/mol. The van der Waals surface area contributed by atoms with Crippen LogP contribution >= 0.6 is 0 Å². The van der Waals surface area contributed by atoms with Crippen molar-refractivity contribution in [2.24, 2.45) is 11.8 Å². The summed E-state index contributed by atoms with van der Waals surface area (Å²) in [7, 11) is 0. The molecule has 1 rings (SSSR count). The lowest BCUT2D eigenvalue weighted by Crippen LogP contribution is -2.23. The van der Waals surface area contributed by atoms with Crippen molar-refractivity contribution in [1.29, 1.82) is 0 Å². The normalized spacial score (nSPS) is 20.8. The van der Waals surface area contributed by atoms with Crippen LogP contribution in [0.4, 0.5) is 0 Å². The van der Waals surface area contributed by atoms with Gasteiger partial charge < -0.3 is 5.32 Å². The molecule has 78 valence electrons. The van der Waals surface area contributed by atoms with Crippen molar-refractivity contribution in [2.75, 3.05) is 13.1 Å². The molecule has 0 saturated heterocycles. The predicted octanol–water partition coefficient (Wildman–Crippen LogP) is 3.20. The Kier molecular flexibility index (Phi) is 5.45. The van der Waals surface area contributed by atoms with E-state index in [2.05, 4.69) is 19.2 Å². The molecule has 0 amide bonds. The summed E-state index contributed by atoms with van der Waals surface area (Å²) in [5.74, 6) is 1.99. The van der Waals surface area contributed by atoms with Crippen LogP contribution in [-0.4, -0.2) is 13.1 Å². The van der Waals surface area contributed by atoms with Crippen molar-refractivity contribution in [3.8, 4) is 0 Å². The lowest BCUT2D eigenvalue weighted by atomic mass is 9.91. The first kappa shape index (κ1) is 11.0. The van der Waals surface area contributed by atoms with Crippen LogP contribution in [0.2, 0.25) is 0 Å². The van der Waals surface area contributed by atoms with Crippen LogP contribution in [-0.2, 0) is 0 Å². The summed E-state index contributed by atoms with van der Waals surface area (Å²) in [6.45, 7) is 6.89. The van der Waals surface area contributed by atoms with Crippen LogP contribution in [0.25, 0.3) is 0 Å². The highest BCUT2D eigenvalue weighted by Gasteiger charge is 2.18. The molecule has 1 saturated carbocycles. The van der Waals surface area contributed by atoms with Crippen molar-refractivity contribution in [2.45, 2.75) is 52.4 Å². The van der Waals surface area contributed by atoms with Gasteiger partial charge in [-0.25, -0.2) is 0 Å². The Morgan fingerprint density at radius 3 is 2.46 bits per heavy atom. The number of rotatable bonds is 6. The fourth-order valence-electron chi connectivity index (χ4n) is 2.46. The van der Waals surface area contributed by atoms with Crippen molar-refractivity contribution < 1.29 is 0 Å². The van der Waals surface area contributed by atoms with Gasteiger partial charge in [-0.15, -0.1) is 0 Å². The summed E-state index contributed by atoms with van der Waals surface area (Å²) >= 11 is 0. The molecule has 0 aliphatic heterocycles. The summed E-state index contributed by atoms with van der Waals surface area (Å²) in [5, 5.41) is 3.47. The molecule has 0 bridgehead atoms. The van der Waals surface area contributed by atoms with Crippen molar-refractivity contribution >= 4 is 0 Å². The molecule has 1 fully saturated rings. The molecule has 0 aromatic rings. The highest BCUT2D eigenvalue weighted by Crippen LogP contribution is 2.30. The Morgan fingerprint density at radius 2 is 1.92 bits per heavy atom. The molecule has 1 N–H and O–H groups in total. The van der Waals surface area contributed by atoms with Gasteiger partial charge in [-0.2, -0.15) is 0 Å². The molecule has 0 aromatic heterocycles. The van der Waals surface area contributed by atoms with E-state index in [-0.39, 0.29) is 0 Å². The van der Waals surface area contributed by atoms with Gasteiger partial charge in [0.15, 0.2) is 0 Å². The zero-order chi connectivity index (χ0) is 9.52. The van der Waals surface area contributed by atoms with Crippen LogP contribution < -0.4 is 5.32 Å². The molecule has 0 heterocycles. The molecule has 1 aliphatic rings. The molecule has 0 spiro atoms. The predicted molar refractivity (Wildman–Crippen MR) is 58.9 cm³/mol. The second kappa shape index (κ2) is 6.42. The van der Waals surface area contributed by atoms with E-state index in [0.29, 0.717) is 0 Å². The van der Waals surface area contributed by atoms with Crippen LogP contribution in [0, 0.1) is 11.8 Å². The molecular formula is C12H25N. The third-order valence-electron chi connectivity index (χ3n) is 3.40. The summed E-state index contributed by atoms with van der Waals surface area (Å²) in [4.78, 5) is 0. The Hall–Kier alpha value is -0.0400. The van der Waals surface area contributed by atoms with E-state index < -0.39 is 0 Å². The average Bonchev–Trinajstić information content (AvgIpc) is 2.64. The minimum atomic E-state index is 0.933. The second-order valence-electron chi connectivity index (χ2n) is 4.47. The van der Waals surface area contributed by atoms with Gasteiger partial charge in [0.05, 0.1) is 0 Å². The summed E-state index contributed by atoms with van der Waals surface area (Å²) in [6, 6.07) is 0. The zero-order valence-electron chi connectivity index (χ0n) is 9.31. The van der Waals surface area contributed by atoms with Crippen LogP contribution in [0.15, 0.2) is 0 Å². The summed E-state index contributed by atoms with van der Waals surface area (Å²) in [5.41, 5.74) is 0. The first-order valence-corrected chi connectivity index (χ1v) is 6.07. The largest absolute Gasteiger partial charge is 0.317 e. The standard InChI is InChI=1S/C12H25N/c1-3-11(10-13-4-2)9-12-7-5-6-8-12/h11-13H,3-10H2,1-2H3. The quantitative estimate of drug-likeness (QED) is 0.667. The number of hydrogen-bond acceptors (Lipinski definition) is 1. The van der Waals surface area contributed by atoms with Gasteiger partial charge in [0.25, 0.3) is 0 Å². The highest BCUT2D eigenvalue weighted by atomic mass is 14.8. The van der Waals surface area contributed by atoms with Gasteiger partial charge in [0.2, 0.25) is 0 Å². The Bertz CT molecular complexity index is 116. The number of nitrogens with one attached hydrogen (secondary N) is 1. The molecule has 13 heavy (non-hydrogen) atoms. The zero-order valence-corrected chi connectivity index (χ0v) is 9.31. The fraction of sp³-hybridized carbons (Fsp3) is 1.00. The maximum atomic E-state index is 3.47. The molecule has 1 atom stereocenters. The lowest BCUT2D eigenvalue weighted by Gasteiger charge is -2.19. The lowest BCUT2D eigenvalue weighted by molar-refractivity contribution is 0.353. The minimum Gasteiger partial charge on any atom is -0.317 e. The third kappa shape index (κ3) is 4.12. The monoisotopic (exact) mass is 183 g/mol. The van der Waals surface area contributed by atoms with E-state index in [4.69, 9.17) is 0 Å². The maximum Gasteiger partial charge on any atom is -0.00206 e. The second-order valence-corrected chi connectivity index (χ2v) is 4.47. The van der Waals surface area contributed by atoms with E-state index in [1.54, 1.807) is 0 Å². The van der Waals surface area contributed by atoms with Gasteiger partial charge in [-0.1, -0.05) is 46.0 Å². The third-order valence-corrected chi connectivity index (χ3v) is 3.40. The van der Waals surface area contributed by atoms with Gasteiger partial charge in [0, 0.05) is 0 Å². The van der Waals surface area contributed by atoms with Gasteiger partial charge >= 0.3 is 0 Å². The molecule has 1 heteroatoms. The van der Waals surface area contributed by atoms with Gasteiger partial charge in [-0.05, 0) is 31.3 Å². The van der Waals surface area contributed by atoms with Gasteiger partial charge in [0.1, 0.15) is 0 Å². The summed E-state index contributed by atoms with van der Waals surface area (Å²) < 4.78 is 0. The SMILES string of the molecule is CCNCC(CC)CC1CCCC1. The molecule has 0 aromatic carbocycles. The average molecular weight is 183 g/mol. The van der Waals surface area contributed by atoms with Crippen molar-refractivity contribution in [3.05, 3.63) is 0 Å². The Morgan fingerprint density at radius 1 is 1.23 bits per heavy atom. The van der Waals surface area contributed by atoms with Gasteiger partial charge in [-0.3, -0.25) is 0 Å².